The van der Waals surface area contributed by atoms with E-state index in [0.29, 0.717) is 0 Å². The Hall–Kier alpha value is -0.830. The van der Waals surface area contributed by atoms with Gasteiger partial charge >= 0.3 is 0 Å². The molecule has 1 heterocycles. The van der Waals surface area contributed by atoms with Crippen molar-refractivity contribution in [2.45, 2.75) is 44.6 Å². The maximum atomic E-state index is 6.21. The molecule has 0 saturated heterocycles. The van der Waals surface area contributed by atoms with Crippen molar-refractivity contribution in [2.75, 3.05) is 0 Å². The van der Waals surface area contributed by atoms with Gasteiger partial charge in [-0.2, -0.15) is 5.10 Å². The summed E-state index contributed by atoms with van der Waals surface area (Å²) in [6.45, 7) is 0. The van der Waals surface area contributed by atoms with Crippen LogP contribution in [0.5, 0.6) is 0 Å². The fourth-order valence-corrected chi connectivity index (χ4v) is 2.65. The molecule has 3 nitrogen and oxygen atoms in total. The Balaban J connectivity index is 1.91. The second-order valence-electron chi connectivity index (χ2n) is 4.73. The van der Waals surface area contributed by atoms with Gasteiger partial charge in [-0.1, -0.05) is 32.1 Å². The number of nitrogens with zero attached hydrogens (tertiary/aromatic N) is 2. The highest BCUT2D eigenvalue weighted by Gasteiger charge is 2.19. The summed E-state index contributed by atoms with van der Waals surface area (Å²) in [6, 6.07) is 2.20. The summed E-state index contributed by atoms with van der Waals surface area (Å²) >= 11 is 0. The minimum Gasteiger partial charge on any atom is -0.323 e. The zero-order valence-corrected chi connectivity index (χ0v) is 9.52. The summed E-state index contributed by atoms with van der Waals surface area (Å²) in [4.78, 5) is 0. The Morgan fingerprint density at radius 2 is 2.20 bits per heavy atom. The van der Waals surface area contributed by atoms with Gasteiger partial charge in [-0.05, 0) is 18.4 Å². The quantitative estimate of drug-likeness (QED) is 0.827. The summed E-state index contributed by atoms with van der Waals surface area (Å²) in [5.74, 6) is 0.837. The minimum absolute atomic E-state index is 0.167. The largest absolute Gasteiger partial charge is 0.323 e. The van der Waals surface area contributed by atoms with Gasteiger partial charge in [0.05, 0.1) is 5.69 Å². The number of hydrogen-bond acceptors (Lipinski definition) is 2. The first-order valence-corrected chi connectivity index (χ1v) is 6.01. The van der Waals surface area contributed by atoms with Gasteiger partial charge in [-0.25, -0.2) is 0 Å². The molecule has 1 aromatic heterocycles. The molecule has 0 aliphatic heterocycles. The third kappa shape index (κ3) is 2.59. The predicted octanol–water partition coefficient (Wildman–Crippen LogP) is 2.39. The Morgan fingerprint density at radius 3 is 2.80 bits per heavy atom. The van der Waals surface area contributed by atoms with E-state index in [1.54, 1.807) is 0 Å². The molecular weight excluding hydrogens is 186 g/mol. The Bertz CT molecular complexity index is 300. The first-order valence-electron chi connectivity index (χ1n) is 6.01. The van der Waals surface area contributed by atoms with Crippen molar-refractivity contribution in [3.05, 3.63) is 18.0 Å². The van der Waals surface area contributed by atoms with E-state index in [2.05, 4.69) is 5.10 Å². The predicted molar refractivity (Wildman–Crippen MR) is 61.3 cm³/mol. The lowest BCUT2D eigenvalue weighted by Gasteiger charge is -2.24. The maximum absolute atomic E-state index is 6.21. The van der Waals surface area contributed by atoms with E-state index in [1.165, 1.54) is 37.8 Å². The molecule has 0 radical (unpaired) electrons. The second-order valence-corrected chi connectivity index (χ2v) is 4.73. The van der Waals surface area contributed by atoms with Crippen molar-refractivity contribution in [1.29, 1.82) is 0 Å². The highest BCUT2D eigenvalue weighted by molar-refractivity contribution is 5.05. The van der Waals surface area contributed by atoms with Crippen molar-refractivity contribution >= 4 is 0 Å². The molecule has 1 aliphatic rings. The minimum atomic E-state index is 0.167. The van der Waals surface area contributed by atoms with E-state index in [0.717, 1.165) is 12.3 Å². The molecule has 0 spiro atoms. The fraction of sp³-hybridized carbons (Fsp3) is 0.750. The Morgan fingerprint density at radius 1 is 1.47 bits per heavy atom. The zero-order chi connectivity index (χ0) is 10.7. The van der Waals surface area contributed by atoms with Crippen LogP contribution in [0.4, 0.5) is 0 Å². The summed E-state index contributed by atoms with van der Waals surface area (Å²) in [5.41, 5.74) is 7.38. The third-order valence-corrected chi connectivity index (χ3v) is 3.55. The molecule has 15 heavy (non-hydrogen) atoms. The van der Waals surface area contributed by atoms with Gasteiger partial charge in [0, 0.05) is 19.3 Å². The molecule has 0 aromatic carbocycles. The molecule has 84 valence electrons. The monoisotopic (exact) mass is 207 g/mol. The van der Waals surface area contributed by atoms with Crippen molar-refractivity contribution in [2.24, 2.45) is 18.7 Å². The van der Waals surface area contributed by atoms with Gasteiger partial charge < -0.3 is 5.73 Å². The van der Waals surface area contributed by atoms with Gasteiger partial charge in [0.1, 0.15) is 0 Å². The molecule has 1 aromatic rings. The molecule has 0 bridgehead atoms. The topological polar surface area (TPSA) is 43.8 Å². The fourth-order valence-electron chi connectivity index (χ4n) is 2.65. The lowest BCUT2D eigenvalue weighted by molar-refractivity contribution is 0.315. The van der Waals surface area contributed by atoms with Crippen LogP contribution in [0.3, 0.4) is 0 Å². The first kappa shape index (κ1) is 10.7. The van der Waals surface area contributed by atoms with Crippen molar-refractivity contribution in [1.82, 2.24) is 9.78 Å². The van der Waals surface area contributed by atoms with Crippen LogP contribution in [-0.2, 0) is 7.05 Å². The highest BCUT2D eigenvalue weighted by Crippen LogP contribution is 2.30. The van der Waals surface area contributed by atoms with Gasteiger partial charge in [0.15, 0.2) is 0 Å². The molecule has 1 aliphatic carbocycles. The molecule has 0 amide bonds. The summed E-state index contributed by atoms with van der Waals surface area (Å²) in [5, 5.41) is 4.17. The molecule has 1 fully saturated rings. The normalized spacial score (nSPS) is 20.4. The molecule has 1 unspecified atom stereocenters. The second kappa shape index (κ2) is 4.79. The van der Waals surface area contributed by atoms with E-state index in [4.69, 9.17) is 5.73 Å². The summed E-state index contributed by atoms with van der Waals surface area (Å²) in [6.07, 6.45) is 9.88. The standard InChI is InChI=1S/C12H21N3/c1-15-12(7-8-14-15)11(13)9-10-5-3-2-4-6-10/h7-8,10-11H,2-6,9,13H2,1H3. The van der Waals surface area contributed by atoms with Crippen LogP contribution >= 0.6 is 0 Å². The molecular formula is C12H21N3. The number of rotatable bonds is 3. The number of hydrogen-bond donors (Lipinski definition) is 1. The third-order valence-electron chi connectivity index (χ3n) is 3.55. The van der Waals surface area contributed by atoms with Crippen LogP contribution in [0.1, 0.15) is 50.3 Å². The lowest BCUT2D eigenvalue weighted by Crippen LogP contribution is -2.19. The Labute approximate surface area is 91.7 Å². The molecule has 2 N–H and O–H groups in total. The van der Waals surface area contributed by atoms with Crippen molar-refractivity contribution in [3.63, 3.8) is 0 Å². The van der Waals surface area contributed by atoms with E-state index >= 15 is 0 Å². The first-order chi connectivity index (χ1) is 7.27. The van der Waals surface area contributed by atoms with Crippen LogP contribution in [-0.4, -0.2) is 9.78 Å². The van der Waals surface area contributed by atoms with E-state index in [-0.39, 0.29) is 6.04 Å². The van der Waals surface area contributed by atoms with E-state index < -0.39 is 0 Å². The zero-order valence-electron chi connectivity index (χ0n) is 9.52. The average Bonchev–Trinajstić information content (AvgIpc) is 2.66. The number of nitrogens with two attached hydrogens (primary N) is 1. The SMILES string of the molecule is Cn1nccc1C(N)CC1CCCCC1. The maximum Gasteiger partial charge on any atom is 0.0548 e. The summed E-state index contributed by atoms with van der Waals surface area (Å²) in [7, 11) is 1.97. The molecule has 3 heteroatoms. The van der Waals surface area contributed by atoms with Crippen LogP contribution in [0.2, 0.25) is 0 Å². The number of aromatic nitrogens is 2. The summed E-state index contributed by atoms with van der Waals surface area (Å²) < 4.78 is 1.90. The van der Waals surface area contributed by atoms with Gasteiger partial charge in [-0.3, -0.25) is 4.68 Å². The lowest BCUT2D eigenvalue weighted by atomic mass is 9.84. The molecule has 1 atom stereocenters. The van der Waals surface area contributed by atoms with Gasteiger partial charge in [0.25, 0.3) is 0 Å². The van der Waals surface area contributed by atoms with Crippen molar-refractivity contribution in [3.8, 4) is 0 Å². The van der Waals surface area contributed by atoms with Crippen LogP contribution in [0, 0.1) is 5.92 Å². The average molecular weight is 207 g/mol. The molecule has 1 saturated carbocycles. The van der Waals surface area contributed by atoms with Crippen LogP contribution in [0.15, 0.2) is 12.3 Å². The number of aryl methyl sites for hydroxylation is 1. The van der Waals surface area contributed by atoms with Gasteiger partial charge in [0.2, 0.25) is 0 Å². The van der Waals surface area contributed by atoms with E-state index in [1.807, 2.05) is 24.0 Å². The van der Waals surface area contributed by atoms with Crippen LogP contribution in [0.25, 0.3) is 0 Å². The van der Waals surface area contributed by atoms with Crippen LogP contribution < -0.4 is 5.73 Å². The Kier molecular flexibility index (Phi) is 3.41. The smallest absolute Gasteiger partial charge is 0.0548 e. The molecule has 2 rings (SSSR count). The van der Waals surface area contributed by atoms with Gasteiger partial charge in [-0.15, -0.1) is 0 Å². The highest BCUT2D eigenvalue weighted by atomic mass is 15.3. The van der Waals surface area contributed by atoms with Crippen molar-refractivity contribution < 1.29 is 0 Å². The van der Waals surface area contributed by atoms with E-state index in [9.17, 15) is 0 Å².